The van der Waals surface area contributed by atoms with Crippen molar-refractivity contribution in [2.75, 3.05) is 0 Å². The van der Waals surface area contributed by atoms with Crippen molar-refractivity contribution in [3.05, 3.63) is 34.9 Å². The van der Waals surface area contributed by atoms with Crippen molar-refractivity contribution < 1.29 is 0 Å². The molecule has 0 spiro atoms. The third-order valence-electron chi connectivity index (χ3n) is 4.69. The Morgan fingerprint density at radius 1 is 0.778 bits per heavy atom. The Bertz CT molecular complexity index is 354. The largest absolute Gasteiger partial charge is 0.0617 e. The Balaban J connectivity index is 2.09. The zero-order chi connectivity index (χ0) is 12.8. The van der Waals surface area contributed by atoms with Gasteiger partial charge in [0.2, 0.25) is 0 Å². The fourth-order valence-electron chi connectivity index (χ4n) is 3.34. The van der Waals surface area contributed by atoms with Gasteiger partial charge in [0.05, 0.1) is 0 Å². The molecule has 2 rings (SSSR count). The zero-order valence-electron chi connectivity index (χ0n) is 12.2. The fraction of sp³-hybridized carbons (Fsp3) is 0.667. The Labute approximate surface area is 113 Å². The molecule has 0 radical (unpaired) electrons. The van der Waals surface area contributed by atoms with E-state index in [1.807, 2.05) is 0 Å². The summed E-state index contributed by atoms with van der Waals surface area (Å²) in [5, 5.41) is 0. The maximum atomic E-state index is 2.37. The molecule has 0 nitrogen and oxygen atoms in total. The molecular formula is C18H28. The van der Waals surface area contributed by atoms with Crippen LogP contribution < -0.4 is 0 Å². The van der Waals surface area contributed by atoms with E-state index in [1.165, 1.54) is 63.4 Å². The van der Waals surface area contributed by atoms with E-state index in [-0.39, 0.29) is 0 Å². The first-order chi connectivity index (χ1) is 8.79. The molecule has 0 heterocycles. The third kappa shape index (κ3) is 3.60. The summed E-state index contributed by atoms with van der Waals surface area (Å²) >= 11 is 0. The molecule has 0 heteroatoms. The zero-order valence-corrected chi connectivity index (χ0v) is 12.2. The Hall–Kier alpha value is -0.780. The highest BCUT2D eigenvalue weighted by Gasteiger charge is 2.15. The standard InChI is InChI=1S/C18H28/c1-15-11-10-14-18(16(15)2)17-12-8-6-4-3-5-7-9-13-17/h10-11,14,17H,3-9,12-13H2,1-2H3. The van der Waals surface area contributed by atoms with Crippen LogP contribution in [0, 0.1) is 13.8 Å². The lowest BCUT2D eigenvalue weighted by Gasteiger charge is -2.21. The Morgan fingerprint density at radius 3 is 1.94 bits per heavy atom. The topological polar surface area (TPSA) is 0 Å². The van der Waals surface area contributed by atoms with Crippen LogP contribution in [0.4, 0.5) is 0 Å². The van der Waals surface area contributed by atoms with Gasteiger partial charge >= 0.3 is 0 Å². The van der Waals surface area contributed by atoms with Crippen LogP contribution >= 0.6 is 0 Å². The minimum absolute atomic E-state index is 0.822. The normalized spacial score (nSPS) is 19.7. The van der Waals surface area contributed by atoms with E-state index in [2.05, 4.69) is 32.0 Å². The lowest BCUT2D eigenvalue weighted by molar-refractivity contribution is 0.461. The van der Waals surface area contributed by atoms with Gasteiger partial charge < -0.3 is 0 Å². The summed E-state index contributed by atoms with van der Waals surface area (Å²) in [6, 6.07) is 6.87. The molecule has 18 heavy (non-hydrogen) atoms. The molecule has 1 saturated carbocycles. The van der Waals surface area contributed by atoms with Crippen LogP contribution in [-0.4, -0.2) is 0 Å². The van der Waals surface area contributed by atoms with Crippen molar-refractivity contribution in [2.45, 2.75) is 77.6 Å². The molecule has 1 aliphatic carbocycles. The summed E-state index contributed by atoms with van der Waals surface area (Å²) in [5.74, 6) is 0.822. The van der Waals surface area contributed by atoms with Gasteiger partial charge in [-0.2, -0.15) is 0 Å². The minimum atomic E-state index is 0.822. The summed E-state index contributed by atoms with van der Waals surface area (Å²) in [6.45, 7) is 4.56. The highest BCUT2D eigenvalue weighted by atomic mass is 14.2. The lowest BCUT2D eigenvalue weighted by atomic mass is 9.84. The van der Waals surface area contributed by atoms with Gasteiger partial charge in [-0.25, -0.2) is 0 Å². The van der Waals surface area contributed by atoms with Crippen molar-refractivity contribution in [3.63, 3.8) is 0 Å². The molecule has 0 atom stereocenters. The molecule has 0 aromatic heterocycles. The quantitative estimate of drug-likeness (QED) is 0.576. The van der Waals surface area contributed by atoms with Crippen LogP contribution in [0.25, 0.3) is 0 Å². The second-order valence-corrected chi connectivity index (χ2v) is 6.04. The van der Waals surface area contributed by atoms with Gasteiger partial charge in [0.1, 0.15) is 0 Å². The summed E-state index contributed by atoms with van der Waals surface area (Å²) in [4.78, 5) is 0. The van der Waals surface area contributed by atoms with E-state index in [4.69, 9.17) is 0 Å². The van der Waals surface area contributed by atoms with Crippen LogP contribution in [0.15, 0.2) is 18.2 Å². The van der Waals surface area contributed by atoms with Crippen molar-refractivity contribution in [1.29, 1.82) is 0 Å². The smallest absolute Gasteiger partial charge is 0.0159 e. The molecule has 100 valence electrons. The van der Waals surface area contributed by atoms with Gasteiger partial charge in [-0.15, -0.1) is 0 Å². The molecular weight excluding hydrogens is 216 g/mol. The predicted octanol–water partition coefficient (Wildman–Crippen LogP) is 5.91. The number of aryl methyl sites for hydroxylation is 1. The van der Waals surface area contributed by atoms with E-state index < -0.39 is 0 Å². The number of benzene rings is 1. The molecule has 1 aromatic carbocycles. The Kier molecular flexibility index (Phi) is 5.28. The van der Waals surface area contributed by atoms with Crippen LogP contribution in [0.5, 0.6) is 0 Å². The van der Waals surface area contributed by atoms with Gasteiger partial charge in [0.15, 0.2) is 0 Å². The fourth-order valence-corrected chi connectivity index (χ4v) is 3.34. The van der Waals surface area contributed by atoms with Gasteiger partial charge in [-0.1, -0.05) is 63.1 Å². The highest BCUT2D eigenvalue weighted by molar-refractivity contribution is 5.35. The monoisotopic (exact) mass is 244 g/mol. The minimum Gasteiger partial charge on any atom is -0.0617 e. The lowest BCUT2D eigenvalue weighted by Crippen LogP contribution is -2.04. The van der Waals surface area contributed by atoms with Crippen molar-refractivity contribution in [1.82, 2.24) is 0 Å². The molecule has 0 N–H and O–H groups in total. The van der Waals surface area contributed by atoms with Gasteiger partial charge in [-0.05, 0) is 49.3 Å². The molecule has 0 amide bonds. The summed E-state index contributed by atoms with van der Waals surface area (Å²) < 4.78 is 0. The maximum Gasteiger partial charge on any atom is -0.0159 e. The average molecular weight is 244 g/mol. The molecule has 1 fully saturated rings. The molecule has 0 unspecified atom stereocenters. The summed E-state index contributed by atoms with van der Waals surface area (Å²) in [5.41, 5.74) is 4.64. The number of hydrogen-bond donors (Lipinski definition) is 0. The Morgan fingerprint density at radius 2 is 1.33 bits per heavy atom. The SMILES string of the molecule is Cc1cccc(C2CCCCCCCCC2)c1C. The molecule has 0 saturated heterocycles. The first kappa shape index (κ1) is 13.6. The number of rotatable bonds is 1. The van der Waals surface area contributed by atoms with Gasteiger partial charge in [0, 0.05) is 0 Å². The van der Waals surface area contributed by atoms with Crippen LogP contribution in [-0.2, 0) is 0 Å². The van der Waals surface area contributed by atoms with Crippen molar-refractivity contribution in [2.24, 2.45) is 0 Å². The summed E-state index contributed by atoms with van der Waals surface area (Å²) in [6.07, 6.45) is 12.9. The van der Waals surface area contributed by atoms with E-state index in [1.54, 1.807) is 11.1 Å². The van der Waals surface area contributed by atoms with E-state index in [0.717, 1.165) is 5.92 Å². The van der Waals surface area contributed by atoms with Crippen LogP contribution in [0.1, 0.15) is 80.4 Å². The van der Waals surface area contributed by atoms with E-state index in [0.29, 0.717) is 0 Å². The summed E-state index contributed by atoms with van der Waals surface area (Å²) in [7, 11) is 0. The molecule has 0 bridgehead atoms. The second kappa shape index (κ2) is 6.97. The first-order valence-electron chi connectivity index (χ1n) is 7.85. The molecule has 1 aromatic rings. The van der Waals surface area contributed by atoms with Crippen molar-refractivity contribution >= 4 is 0 Å². The second-order valence-electron chi connectivity index (χ2n) is 6.04. The van der Waals surface area contributed by atoms with Gasteiger partial charge in [0.25, 0.3) is 0 Å². The molecule has 0 aliphatic heterocycles. The van der Waals surface area contributed by atoms with Crippen LogP contribution in [0.3, 0.4) is 0 Å². The maximum absolute atomic E-state index is 2.37. The van der Waals surface area contributed by atoms with Crippen LogP contribution in [0.2, 0.25) is 0 Å². The highest BCUT2D eigenvalue weighted by Crippen LogP contribution is 2.32. The average Bonchev–Trinajstić information content (AvgIpc) is 2.39. The van der Waals surface area contributed by atoms with E-state index in [9.17, 15) is 0 Å². The first-order valence-corrected chi connectivity index (χ1v) is 7.85. The van der Waals surface area contributed by atoms with Crippen molar-refractivity contribution in [3.8, 4) is 0 Å². The number of hydrogen-bond acceptors (Lipinski definition) is 0. The van der Waals surface area contributed by atoms with E-state index >= 15 is 0 Å². The third-order valence-corrected chi connectivity index (χ3v) is 4.69. The van der Waals surface area contributed by atoms with Gasteiger partial charge in [-0.3, -0.25) is 0 Å². The molecule has 1 aliphatic rings. The predicted molar refractivity (Wildman–Crippen MR) is 80.2 cm³/mol.